The number of amides is 3. The van der Waals surface area contributed by atoms with Crippen LogP contribution in [0.25, 0.3) is 0 Å². The van der Waals surface area contributed by atoms with Gasteiger partial charge in [-0.05, 0) is 31.9 Å². The molecule has 2 rings (SSSR count). The number of carbonyl (C=O) groups excluding carboxylic acids is 4. The number of rotatable bonds is 11. The first-order chi connectivity index (χ1) is 19.8. The van der Waals surface area contributed by atoms with E-state index in [9.17, 15) is 54.7 Å². The van der Waals surface area contributed by atoms with Crippen molar-refractivity contribution < 1.29 is 64.5 Å². The van der Waals surface area contributed by atoms with Crippen molar-refractivity contribution in [2.24, 2.45) is 0 Å². The summed E-state index contributed by atoms with van der Waals surface area (Å²) in [5.41, 5.74) is -2.04. The second kappa shape index (κ2) is 13.9. The predicted octanol–water partition coefficient (Wildman–Crippen LogP) is 2.40. The fourth-order valence-corrected chi connectivity index (χ4v) is 3.18. The Morgan fingerprint density at radius 1 is 0.977 bits per heavy atom. The van der Waals surface area contributed by atoms with E-state index in [2.05, 4.69) is 20.0 Å². The number of ketones is 1. The summed E-state index contributed by atoms with van der Waals surface area (Å²) in [5, 5.41) is 15.0. The number of nitrogens with zero attached hydrogens (tertiary/aromatic N) is 2. The minimum atomic E-state index is -5.41. The lowest BCUT2D eigenvalue weighted by Crippen LogP contribution is -2.52. The summed E-state index contributed by atoms with van der Waals surface area (Å²) < 4.78 is 96.4. The molecule has 0 aliphatic heterocycles. The van der Waals surface area contributed by atoms with Crippen molar-refractivity contribution in [2.75, 3.05) is 11.9 Å². The highest BCUT2D eigenvalue weighted by Gasteiger charge is 2.40. The van der Waals surface area contributed by atoms with Crippen molar-refractivity contribution >= 4 is 35.2 Å². The Morgan fingerprint density at radius 3 is 2.19 bits per heavy atom. The number of benzene rings is 1. The van der Waals surface area contributed by atoms with Crippen molar-refractivity contribution in [3.05, 3.63) is 47.2 Å². The number of carbonyl (C=O) groups is 5. The van der Waals surface area contributed by atoms with E-state index < -0.39 is 96.6 Å². The molecule has 4 N–H and O–H groups in total. The number of para-hydroxylation sites is 1. The van der Waals surface area contributed by atoms with Gasteiger partial charge in [0, 0.05) is 12.5 Å². The second-order valence-electron chi connectivity index (χ2n) is 8.74. The Bertz CT molecular complexity index is 1350. The average Bonchev–Trinajstić information content (AvgIpc) is 2.90. The average molecular weight is 625 g/mol. The summed E-state index contributed by atoms with van der Waals surface area (Å²) in [6.07, 6.45) is -12.1. The van der Waals surface area contributed by atoms with Gasteiger partial charge >= 0.3 is 30.1 Å². The first-order valence-corrected chi connectivity index (χ1v) is 11.9. The van der Waals surface area contributed by atoms with E-state index in [1.54, 1.807) is 0 Å². The lowest BCUT2D eigenvalue weighted by molar-refractivity contribution is -0.153. The summed E-state index contributed by atoms with van der Waals surface area (Å²) in [6.45, 7) is 1.24. The number of aromatic nitrogens is 2. The zero-order valence-electron chi connectivity index (χ0n) is 22.0. The van der Waals surface area contributed by atoms with Gasteiger partial charge in [0.2, 0.25) is 17.6 Å². The third-order valence-corrected chi connectivity index (χ3v) is 5.37. The highest BCUT2D eigenvalue weighted by molar-refractivity contribution is 6.40. The molecule has 0 unspecified atom stereocenters. The molecule has 0 bridgehead atoms. The maximum absolute atomic E-state index is 13.9. The molecule has 0 saturated heterocycles. The summed E-state index contributed by atoms with van der Waals surface area (Å²) in [6, 6.07) is 0.547. The van der Waals surface area contributed by atoms with Crippen LogP contribution < -0.4 is 20.7 Å². The van der Waals surface area contributed by atoms with Crippen LogP contribution in [0, 0.1) is 12.7 Å². The fourth-order valence-electron chi connectivity index (χ4n) is 3.18. The molecule has 1 heterocycles. The Balaban J connectivity index is 2.12. The molecule has 0 radical (unpaired) electrons. The van der Waals surface area contributed by atoms with E-state index in [1.165, 1.54) is 19.1 Å². The van der Waals surface area contributed by atoms with E-state index in [-0.39, 0.29) is 17.3 Å². The molecule has 2 atom stereocenters. The van der Waals surface area contributed by atoms with Gasteiger partial charge in [-0.3, -0.25) is 24.0 Å². The van der Waals surface area contributed by atoms with Crippen molar-refractivity contribution in [2.45, 2.75) is 51.1 Å². The quantitative estimate of drug-likeness (QED) is 0.216. The number of alkyl halides is 6. The Morgan fingerprint density at radius 2 is 1.63 bits per heavy atom. The predicted molar refractivity (Wildman–Crippen MR) is 129 cm³/mol. The maximum Gasteiger partial charge on any atom is 0.451 e. The molecule has 1 aromatic carbocycles. The Hall–Kier alpha value is -4.84. The number of halogens is 7. The van der Waals surface area contributed by atoms with Crippen LogP contribution in [0.5, 0.6) is 5.88 Å². The third-order valence-electron chi connectivity index (χ3n) is 5.37. The minimum Gasteiger partial charge on any atom is -0.481 e. The number of carboxylic acids is 1. The lowest BCUT2D eigenvalue weighted by Gasteiger charge is -2.20. The molecule has 2 aromatic rings. The first-order valence-electron chi connectivity index (χ1n) is 11.9. The number of ether oxygens (including phenoxy) is 1. The number of hydrogen-bond donors (Lipinski definition) is 4. The zero-order chi connectivity index (χ0) is 32.7. The van der Waals surface area contributed by atoms with Crippen molar-refractivity contribution in [3.63, 3.8) is 0 Å². The first kappa shape index (κ1) is 34.4. The topological polar surface area (TPSA) is 177 Å². The molecule has 3 amide bonds. The SMILES string of the molecule is Cc1cccc(F)c1NC(=O)C(=O)N[C@@H](C)C(=O)N[C@@H](CCC(=O)O)C(=O)COc1cc(C(F)(F)F)nc(C(F)(F)F)n1. The number of carboxylic acid groups (broad SMARTS) is 1. The van der Waals surface area contributed by atoms with Gasteiger partial charge in [0.1, 0.15) is 11.9 Å². The van der Waals surface area contributed by atoms with Gasteiger partial charge in [-0.1, -0.05) is 12.1 Å². The van der Waals surface area contributed by atoms with E-state index >= 15 is 0 Å². The number of anilines is 1. The maximum atomic E-state index is 13.9. The van der Waals surface area contributed by atoms with E-state index in [4.69, 9.17) is 5.11 Å². The largest absolute Gasteiger partial charge is 0.481 e. The molecule has 12 nitrogen and oxygen atoms in total. The zero-order valence-corrected chi connectivity index (χ0v) is 22.0. The lowest BCUT2D eigenvalue weighted by atomic mass is 10.1. The monoisotopic (exact) mass is 625 g/mol. The van der Waals surface area contributed by atoms with Crippen molar-refractivity contribution in [1.29, 1.82) is 0 Å². The number of Topliss-reactive ketones (excluding diaryl/α,β-unsaturated/α-hetero) is 1. The molecular weight excluding hydrogens is 603 g/mol. The fraction of sp³-hybridized carbons (Fsp3) is 0.375. The van der Waals surface area contributed by atoms with Gasteiger partial charge in [-0.25, -0.2) is 9.37 Å². The number of aliphatic carboxylic acids is 1. The smallest absolute Gasteiger partial charge is 0.451 e. The van der Waals surface area contributed by atoms with Gasteiger partial charge in [-0.15, -0.1) is 0 Å². The highest BCUT2D eigenvalue weighted by atomic mass is 19.4. The summed E-state index contributed by atoms with van der Waals surface area (Å²) in [7, 11) is 0. The van der Waals surface area contributed by atoms with E-state index in [0.29, 0.717) is 0 Å². The van der Waals surface area contributed by atoms with Crippen LogP contribution in [-0.4, -0.2) is 63.2 Å². The Labute approximate surface area is 237 Å². The third kappa shape index (κ3) is 10.2. The molecule has 0 spiro atoms. The van der Waals surface area contributed by atoms with Crippen LogP contribution in [0.15, 0.2) is 24.3 Å². The number of nitrogens with one attached hydrogen (secondary N) is 3. The molecule has 0 fully saturated rings. The van der Waals surface area contributed by atoms with Crippen LogP contribution in [0.3, 0.4) is 0 Å². The Kier molecular flexibility index (Phi) is 11.1. The molecule has 1 aromatic heterocycles. The molecule has 234 valence electrons. The van der Waals surface area contributed by atoms with Crippen LogP contribution >= 0.6 is 0 Å². The van der Waals surface area contributed by atoms with Gasteiger partial charge in [0.05, 0.1) is 11.7 Å². The molecular formula is C24H22F7N5O7. The van der Waals surface area contributed by atoms with Gasteiger partial charge in [0.25, 0.3) is 0 Å². The minimum absolute atomic E-state index is 0.00118. The van der Waals surface area contributed by atoms with E-state index in [0.717, 1.165) is 13.0 Å². The number of hydrogen-bond acceptors (Lipinski definition) is 8. The molecule has 19 heteroatoms. The molecule has 0 saturated carbocycles. The van der Waals surface area contributed by atoms with Gasteiger partial charge in [-0.2, -0.15) is 31.3 Å². The van der Waals surface area contributed by atoms with Crippen molar-refractivity contribution in [1.82, 2.24) is 20.6 Å². The molecule has 0 aliphatic carbocycles. The summed E-state index contributed by atoms with van der Waals surface area (Å²) in [4.78, 5) is 65.8. The second-order valence-corrected chi connectivity index (χ2v) is 8.74. The highest BCUT2D eigenvalue weighted by Crippen LogP contribution is 2.33. The van der Waals surface area contributed by atoms with Crippen LogP contribution in [0.2, 0.25) is 0 Å². The number of aryl methyl sites for hydroxylation is 1. The van der Waals surface area contributed by atoms with Crippen LogP contribution in [-0.2, 0) is 36.3 Å². The van der Waals surface area contributed by atoms with Gasteiger partial charge in [0.15, 0.2) is 18.1 Å². The standard InChI is InChI=1S/C24H22F7N5O7/c1-10-4-3-5-12(25)18(10)36-21(42)20(41)32-11(2)19(40)33-13(6-7-17(38)39)14(37)9-43-16-8-15(23(26,27)28)34-22(35-16)24(29,30)31/h3-5,8,11,13H,6-7,9H2,1-2H3,(H,32,41)(H,33,40)(H,36,42)(H,38,39)/t11-,13-/m0/s1. The molecule has 0 aliphatic rings. The summed E-state index contributed by atoms with van der Waals surface area (Å²) in [5.74, 6) is -10.9. The summed E-state index contributed by atoms with van der Waals surface area (Å²) >= 11 is 0. The van der Waals surface area contributed by atoms with Crippen molar-refractivity contribution in [3.8, 4) is 5.88 Å². The van der Waals surface area contributed by atoms with Crippen LogP contribution in [0.4, 0.5) is 36.4 Å². The van der Waals surface area contributed by atoms with Crippen LogP contribution in [0.1, 0.15) is 36.8 Å². The van der Waals surface area contributed by atoms with E-state index in [1.807, 2.05) is 10.6 Å². The van der Waals surface area contributed by atoms with Gasteiger partial charge < -0.3 is 25.8 Å². The normalized spacial score (nSPS) is 13.0. The molecule has 43 heavy (non-hydrogen) atoms.